The fourth-order valence-corrected chi connectivity index (χ4v) is 2.53. The molecule has 110 valence electrons. The maximum atomic E-state index is 12.4. The van der Waals surface area contributed by atoms with Crippen LogP contribution in [0.3, 0.4) is 0 Å². The molecule has 1 saturated heterocycles. The number of carboxylic acids is 1. The Morgan fingerprint density at radius 3 is 2.37 bits per heavy atom. The molecule has 0 radical (unpaired) electrons. The molecule has 0 aromatic rings. The van der Waals surface area contributed by atoms with Gasteiger partial charge in [0.05, 0.1) is 25.7 Å². The van der Waals surface area contributed by atoms with Gasteiger partial charge >= 0.3 is 5.97 Å². The van der Waals surface area contributed by atoms with Crippen LogP contribution in [0.4, 0.5) is 0 Å². The predicted octanol–water partition coefficient (Wildman–Crippen LogP) is 0.419. The number of likely N-dealkylation sites (N-methyl/N-ethyl adjacent to an activating group) is 1. The number of hydrogen-bond donors (Lipinski definition) is 1. The highest BCUT2D eigenvalue weighted by Crippen LogP contribution is 2.12. The summed E-state index contributed by atoms with van der Waals surface area (Å²) >= 11 is 0. The lowest BCUT2D eigenvalue weighted by Gasteiger charge is -2.36. The molecular weight excluding hydrogens is 248 g/mol. The predicted molar refractivity (Wildman–Crippen MR) is 71.0 cm³/mol. The standard InChI is InChI=1S/C13H24N2O4/c1-4-15(10(2)9-12(16)17)11(3)13(18)14-5-7-19-8-6-14/h10-11H,4-9H2,1-3H3,(H,16,17). The molecule has 1 heterocycles. The normalized spacial score (nSPS) is 19.3. The van der Waals surface area contributed by atoms with Gasteiger partial charge in [-0.15, -0.1) is 0 Å². The van der Waals surface area contributed by atoms with Gasteiger partial charge in [-0.2, -0.15) is 0 Å². The summed E-state index contributed by atoms with van der Waals surface area (Å²) in [6.45, 7) is 8.69. The smallest absolute Gasteiger partial charge is 0.304 e. The highest BCUT2D eigenvalue weighted by Gasteiger charge is 2.29. The summed E-state index contributed by atoms with van der Waals surface area (Å²) in [7, 11) is 0. The zero-order valence-corrected chi connectivity index (χ0v) is 12.0. The van der Waals surface area contributed by atoms with Crippen molar-refractivity contribution in [3.8, 4) is 0 Å². The quantitative estimate of drug-likeness (QED) is 0.759. The van der Waals surface area contributed by atoms with Gasteiger partial charge in [-0.3, -0.25) is 14.5 Å². The van der Waals surface area contributed by atoms with E-state index in [0.29, 0.717) is 32.8 Å². The lowest BCUT2D eigenvalue weighted by molar-refractivity contribution is -0.144. The van der Waals surface area contributed by atoms with E-state index in [1.807, 2.05) is 25.7 Å². The highest BCUT2D eigenvalue weighted by molar-refractivity contribution is 5.81. The number of aliphatic carboxylic acids is 1. The first-order valence-corrected chi connectivity index (χ1v) is 6.81. The lowest BCUT2D eigenvalue weighted by atomic mass is 10.1. The Morgan fingerprint density at radius 1 is 1.32 bits per heavy atom. The molecule has 0 bridgehead atoms. The number of carboxylic acid groups (broad SMARTS) is 1. The molecule has 2 unspecified atom stereocenters. The number of nitrogens with zero attached hydrogens (tertiary/aromatic N) is 2. The average molecular weight is 272 g/mol. The van der Waals surface area contributed by atoms with Gasteiger partial charge < -0.3 is 14.7 Å². The van der Waals surface area contributed by atoms with Crippen LogP contribution in [0.25, 0.3) is 0 Å². The zero-order chi connectivity index (χ0) is 14.4. The van der Waals surface area contributed by atoms with Gasteiger partial charge in [-0.05, 0) is 20.4 Å². The molecule has 1 N–H and O–H groups in total. The van der Waals surface area contributed by atoms with Crippen molar-refractivity contribution in [2.24, 2.45) is 0 Å². The average Bonchev–Trinajstić information content (AvgIpc) is 2.38. The second-order valence-electron chi connectivity index (χ2n) is 4.89. The first-order valence-electron chi connectivity index (χ1n) is 6.81. The van der Waals surface area contributed by atoms with Gasteiger partial charge in [-0.25, -0.2) is 0 Å². The van der Waals surface area contributed by atoms with E-state index in [0.717, 1.165) is 0 Å². The van der Waals surface area contributed by atoms with E-state index in [1.165, 1.54) is 0 Å². The molecule has 1 aliphatic rings. The van der Waals surface area contributed by atoms with Crippen molar-refractivity contribution in [2.45, 2.75) is 39.3 Å². The zero-order valence-electron chi connectivity index (χ0n) is 12.0. The fourth-order valence-electron chi connectivity index (χ4n) is 2.53. The largest absolute Gasteiger partial charge is 0.481 e. The number of rotatable bonds is 6. The topological polar surface area (TPSA) is 70.1 Å². The molecule has 0 aromatic heterocycles. The molecule has 1 fully saturated rings. The van der Waals surface area contributed by atoms with Gasteiger partial charge in [0.15, 0.2) is 0 Å². The van der Waals surface area contributed by atoms with Crippen LogP contribution in [-0.4, -0.2) is 71.7 Å². The number of morpholine rings is 1. The first-order chi connectivity index (χ1) is 8.97. The summed E-state index contributed by atoms with van der Waals surface area (Å²) in [4.78, 5) is 26.9. The first kappa shape index (κ1) is 15.9. The molecule has 6 nitrogen and oxygen atoms in total. The summed E-state index contributed by atoms with van der Waals surface area (Å²) in [5, 5.41) is 8.86. The van der Waals surface area contributed by atoms with Gasteiger partial charge in [0.25, 0.3) is 0 Å². The van der Waals surface area contributed by atoms with Gasteiger partial charge in [0.2, 0.25) is 5.91 Å². The Labute approximate surface area is 114 Å². The van der Waals surface area contributed by atoms with Crippen LogP contribution in [0.15, 0.2) is 0 Å². The molecule has 19 heavy (non-hydrogen) atoms. The maximum Gasteiger partial charge on any atom is 0.304 e. The summed E-state index contributed by atoms with van der Waals surface area (Å²) in [5.41, 5.74) is 0. The van der Waals surface area contributed by atoms with E-state index in [2.05, 4.69) is 0 Å². The van der Waals surface area contributed by atoms with Crippen LogP contribution >= 0.6 is 0 Å². The minimum atomic E-state index is -0.836. The molecule has 0 spiro atoms. The van der Waals surface area contributed by atoms with Crippen molar-refractivity contribution in [1.29, 1.82) is 0 Å². The van der Waals surface area contributed by atoms with Crippen molar-refractivity contribution in [3.63, 3.8) is 0 Å². The Morgan fingerprint density at radius 2 is 1.89 bits per heavy atom. The van der Waals surface area contributed by atoms with Crippen LogP contribution in [0, 0.1) is 0 Å². The number of carbonyl (C=O) groups is 2. The molecular formula is C13H24N2O4. The van der Waals surface area contributed by atoms with Crippen LogP contribution in [0.2, 0.25) is 0 Å². The van der Waals surface area contributed by atoms with Crippen LogP contribution in [0.1, 0.15) is 27.2 Å². The Bertz CT molecular complexity index is 316. The minimum Gasteiger partial charge on any atom is -0.481 e. The summed E-state index contributed by atoms with van der Waals surface area (Å²) in [5.74, 6) is -0.778. The second-order valence-corrected chi connectivity index (χ2v) is 4.89. The third kappa shape index (κ3) is 4.47. The summed E-state index contributed by atoms with van der Waals surface area (Å²) in [6, 6.07) is -0.444. The Balaban J connectivity index is 2.63. The van der Waals surface area contributed by atoms with Gasteiger partial charge in [0, 0.05) is 19.1 Å². The molecule has 0 saturated carbocycles. The lowest BCUT2D eigenvalue weighted by Crippen LogP contribution is -2.53. The SMILES string of the molecule is CCN(C(C)CC(=O)O)C(C)C(=O)N1CCOCC1. The molecule has 1 amide bonds. The molecule has 6 heteroatoms. The van der Waals surface area contributed by atoms with E-state index in [4.69, 9.17) is 9.84 Å². The van der Waals surface area contributed by atoms with E-state index in [1.54, 1.807) is 4.90 Å². The molecule has 2 atom stereocenters. The van der Waals surface area contributed by atoms with Crippen LogP contribution in [-0.2, 0) is 14.3 Å². The number of hydrogen-bond acceptors (Lipinski definition) is 4. The van der Waals surface area contributed by atoms with Crippen molar-refractivity contribution < 1.29 is 19.4 Å². The van der Waals surface area contributed by atoms with Crippen LogP contribution < -0.4 is 0 Å². The second kappa shape index (κ2) is 7.45. The van der Waals surface area contributed by atoms with Crippen molar-refractivity contribution >= 4 is 11.9 Å². The molecule has 1 aliphatic heterocycles. The third-order valence-corrected chi connectivity index (χ3v) is 3.58. The van der Waals surface area contributed by atoms with Crippen molar-refractivity contribution in [1.82, 2.24) is 9.80 Å². The van der Waals surface area contributed by atoms with Crippen LogP contribution in [0.5, 0.6) is 0 Å². The monoisotopic (exact) mass is 272 g/mol. The maximum absolute atomic E-state index is 12.4. The number of amides is 1. The minimum absolute atomic E-state index is 0.0502. The Kier molecular flexibility index (Phi) is 6.24. The number of carbonyl (C=O) groups excluding carboxylic acids is 1. The highest BCUT2D eigenvalue weighted by atomic mass is 16.5. The van der Waals surface area contributed by atoms with Gasteiger partial charge in [-0.1, -0.05) is 6.92 Å². The Hall–Kier alpha value is -1.14. The van der Waals surface area contributed by atoms with E-state index >= 15 is 0 Å². The molecule has 1 rings (SSSR count). The number of ether oxygens (including phenoxy) is 1. The van der Waals surface area contributed by atoms with E-state index in [-0.39, 0.29) is 24.4 Å². The fraction of sp³-hybridized carbons (Fsp3) is 0.846. The van der Waals surface area contributed by atoms with E-state index in [9.17, 15) is 9.59 Å². The third-order valence-electron chi connectivity index (χ3n) is 3.58. The van der Waals surface area contributed by atoms with Crippen molar-refractivity contribution in [3.05, 3.63) is 0 Å². The van der Waals surface area contributed by atoms with Crippen molar-refractivity contribution in [2.75, 3.05) is 32.8 Å². The summed E-state index contributed by atoms with van der Waals surface area (Å²) < 4.78 is 5.23. The summed E-state index contributed by atoms with van der Waals surface area (Å²) in [6.07, 6.45) is 0.0502. The van der Waals surface area contributed by atoms with Gasteiger partial charge in [0.1, 0.15) is 0 Å². The van der Waals surface area contributed by atoms with E-state index < -0.39 is 5.97 Å². The molecule has 0 aromatic carbocycles. The molecule has 0 aliphatic carbocycles.